The number of anilines is 1. The van der Waals surface area contributed by atoms with Gasteiger partial charge in [0.05, 0.1) is 29.0 Å². The predicted octanol–water partition coefficient (Wildman–Crippen LogP) is 4.06. The van der Waals surface area contributed by atoms with Crippen molar-refractivity contribution in [3.05, 3.63) is 82.7 Å². The zero-order valence-electron chi connectivity index (χ0n) is 17.5. The third-order valence-electron chi connectivity index (χ3n) is 5.47. The van der Waals surface area contributed by atoms with Crippen LogP contribution in [0.3, 0.4) is 0 Å². The molecule has 0 bridgehead atoms. The second-order valence-electron chi connectivity index (χ2n) is 7.49. The van der Waals surface area contributed by atoms with Gasteiger partial charge in [0.1, 0.15) is 23.5 Å². The van der Waals surface area contributed by atoms with E-state index in [-0.39, 0.29) is 17.0 Å². The highest BCUT2D eigenvalue weighted by molar-refractivity contribution is 5.82. The van der Waals surface area contributed by atoms with Crippen LogP contribution in [0.5, 0.6) is 0 Å². The van der Waals surface area contributed by atoms with Gasteiger partial charge in [0.15, 0.2) is 11.5 Å². The summed E-state index contributed by atoms with van der Waals surface area (Å²) in [5.41, 5.74) is 2.91. The van der Waals surface area contributed by atoms with Crippen molar-refractivity contribution in [3.8, 4) is 5.69 Å². The van der Waals surface area contributed by atoms with Gasteiger partial charge in [0.2, 0.25) is 0 Å². The Morgan fingerprint density at radius 3 is 2.81 bits per heavy atom. The van der Waals surface area contributed by atoms with Gasteiger partial charge < -0.3 is 10.3 Å². The largest absolute Gasteiger partial charge is 0.358 e. The van der Waals surface area contributed by atoms with Crippen LogP contribution in [0.25, 0.3) is 27.8 Å². The molecule has 0 amide bonds. The number of fused-ring (bicyclic) bond motifs is 2. The van der Waals surface area contributed by atoms with E-state index in [1.54, 1.807) is 10.9 Å². The lowest BCUT2D eigenvalue weighted by Gasteiger charge is -2.23. The molecule has 0 unspecified atom stereocenters. The van der Waals surface area contributed by atoms with Gasteiger partial charge in [-0.3, -0.25) is 9.36 Å². The van der Waals surface area contributed by atoms with Crippen molar-refractivity contribution in [3.63, 3.8) is 0 Å². The maximum absolute atomic E-state index is 13.9. The Morgan fingerprint density at radius 1 is 1.16 bits per heavy atom. The van der Waals surface area contributed by atoms with Gasteiger partial charge in [0, 0.05) is 0 Å². The van der Waals surface area contributed by atoms with E-state index in [2.05, 4.69) is 25.3 Å². The molecule has 0 saturated heterocycles. The fourth-order valence-electron chi connectivity index (χ4n) is 3.84. The number of rotatable bonds is 5. The van der Waals surface area contributed by atoms with E-state index < -0.39 is 5.82 Å². The number of para-hydroxylation sites is 1. The highest BCUT2D eigenvalue weighted by atomic mass is 19.1. The summed E-state index contributed by atoms with van der Waals surface area (Å²) in [4.78, 5) is 34.1. The summed E-state index contributed by atoms with van der Waals surface area (Å²) in [6.45, 7) is 3.92. The van der Waals surface area contributed by atoms with Crippen molar-refractivity contribution in [1.82, 2.24) is 29.5 Å². The number of hydrogen-bond donors (Lipinski definition) is 2. The molecule has 8 nitrogen and oxygen atoms in total. The molecule has 0 spiro atoms. The third kappa shape index (κ3) is 3.27. The average molecular weight is 429 g/mol. The van der Waals surface area contributed by atoms with E-state index >= 15 is 0 Å². The summed E-state index contributed by atoms with van der Waals surface area (Å²) in [7, 11) is 0. The van der Waals surface area contributed by atoms with E-state index in [0.717, 1.165) is 5.56 Å². The second kappa shape index (κ2) is 7.84. The van der Waals surface area contributed by atoms with Crippen molar-refractivity contribution in [2.75, 3.05) is 5.32 Å². The Kier molecular flexibility index (Phi) is 4.85. The highest BCUT2D eigenvalue weighted by Crippen LogP contribution is 2.27. The first-order valence-electron chi connectivity index (χ1n) is 10.3. The quantitative estimate of drug-likeness (QED) is 0.437. The van der Waals surface area contributed by atoms with Crippen LogP contribution >= 0.6 is 0 Å². The predicted molar refractivity (Wildman–Crippen MR) is 120 cm³/mol. The number of imidazole rings is 1. The molecule has 0 saturated carbocycles. The molecule has 5 rings (SSSR count). The molecule has 0 aliphatic carbocycles. The zero-order chi connectivity index (χ0) is 22.2. The summed E-state index contributed by atoms with van der Waals surface area (Å²) >= 11 is 0. The molecule has 0 fully saturated rings. The highest BCUT2D eigenvalue weighted by Gasteiger charge is 2.22. The van der Waals surface area contributed by atoms with Gasteiger partial charge in [-0.25, -0.2) is 24.3 Å². The molecule has 2 aromatic carbocycles. The molecule has 32 heavy (non-hydrogen) atoms. The van der Waals surface area contributed by atoms with Crippen LogP contribution in [-0.2, 0) is 0 Å². The number of nitrogens with zero attached hydrogens (tertiary/aromatic N) is 5. The fourth-order valence-corrected chi connectivity index (χ4v) is 3.84. The normalized spacial score (nSPS) is 12.3. The van der Waals surface area contributed by atoms with Crippen LogP contribution in [0, 0.1) is 12.7 Å². The standard InChI is InChI=1S/C23H20FN7O/c1-3-16(29-21-19-20(26-11-25-19)27-12-28-21)22-30-17-9-8-14(24)10-15(17)23(32)31(22)18-7-5-4-6-13(18)2/h4-12,16H,3H2,1-2H3,(H2,25,26,27,28,29)/t16-/m0/s1. The summed E-state index contributed by atoms with van der Waals surface area (Å²) < 4.78 is 15.5. The molecule has 5 aromatic rings. The lowest BCUT2D eigenvalue weighted by molar-refractivity contribution is 0.628. The molecule has 9 heteroatoms. The van der Waals surface area contributed by atoms with Crippen LogP contribution < -0.4 is 10.9 Å². The number of aromatic amines is 1. The van der Waals surface area contributed by atoms with E-state index in [9.17, 15) is 9.18 Å². The summed E-state index contributed by atoms with van der Waals surface area (Å²) in [6.07, 6.45) is 3.60. The lowest BCUT2D eigenvalue weighted by atomic mass is 10.1. The average Bonchev–Trinajstić information content (AvgIpc) is 3.28. The van der Waals surface area contributed by atoms with E-state index in [0.29, 0.717) is 40.4 Å². The summed E-state index contributed by atoms with van der Waals surface area (Å²) in [5.74, 6) is 0.592. The van der Waals surface area contributed by atoms with E-state index in [1.807, 2.05) is 38.1 Å². The first-order chi connectivity index (χ1) is 15.6. The van der Waals surface area contributed by atoms with Crippen LogP contribution in [-0.4, -0.2) is 29.5 Å². The molecule has 3 aromatic heterocycles. The molecule has 0 radical (unpaired) electrons. The van der Waals surface area contributed by atoms with Gasteiger partial charge in [-0.1, -0.05) is 25.1 Å². The Labute approximate surface area is 182 Å². The summed E-state index contributed by atoms with van der Waals surface area (Å²) in [6, 6.07) is 11.3. The number of aryl methyl sites for hydroxylation is 1. The van der Waals surface area contributed by atoms with Crippen molar-refractivity contribution in [2.45, 2.75) is 26.3 Å². The second-order valence-corrected chi connectivity index (χ2v) is 7.49. The van der Waals surface area contributed by atoms with Gasteiger partial charge >= 0.3 is 0 Å². The fraction of sp³-hybridized carbons (Fsp3) is 0.174. The van der Waals surface area contributed by atoms with Crippen molar-refractivity contribution in [2.24, 2.45) is 0 Å². The van der Waals surface area contributed by atoms with E-state index in [1.165, 1.54) is 24.5 Å². The molecule has 0 aliphatic heterocycles. The Hall–Kier alpha value is -4.14. The van der Waals surface area contributed by atoms with Crippen LogP contribution in [0.15, 0.2) is 59.9 Å². The SMILES string of the molecule is CC[C@H](Nc1ncnc2nc[nH]c12)c1nc2ccc(F)cc2c(=O)n1-c1ccccc1C. The minimum atomic E-state index is -0.478. The number of halogens is 1. The zero-order valence-corrected chi connectivity index (χ0v) is 17.5. The van der Waals surface area contributed by atoms with Crippen LogP contribution in [0.2, 0.25) is 0 Å². The Morgan fingerprint density at radius 2 is 2.00 bits per heavy atom. The number of nitrogens with one attached hydrogen (secondary N) is 2. The third-order valence-corrected chi connectivity index (χ3v) is 5.47. The topological polar surface area (TPSA) is 101 Å². The Balaban J connectivity index is 1.75. The van der Waals surface area contributed by atoms with Gasteiger partial charge in [-0.05, 0) is 43.2 Å². The van der Waals surface area contributed by atoms with Crippen LogP contribution in [0.1, 0.15) is 30.8 Å². The number of aromatic nitrogens is 6. The van der Waals surface area contributed by atoms with Gasteiger partial charge in [-0.2, -0.15) is 0 Å². The number of benzene rings is 2. The molecule has 2 N–H and O–H groups in total. The number of H-pyrrole nitrogens is 1. The lowest BCUT2D eigenvalue weighted by Crippen LogP contribution is -2.29. The minimum Gasteiger partial charge on any atom is -0.358 e. The Bertz CT molecular complexity index is 1510. The van der Waals surface area contributed by atoms with Gasteiger partial charge in [0.25, 0.3) is 5.56 Å². The minimum absolute atomic E-state index is 0.227. The molecular weight excluding hydrogens is 409 g/mol. The first kappa shape index (κ1) is 19.8. The van der Waals surface area contributed by atoms with E-state index in [4.69, 9.17) is 4.98 Å². The molecule has 1 atom stereocenters. The first-order valence-corrected chi connectivity index (χ1v) is 10.3. The smallest absolute Gasteiger partial charge is 0.266 e. The molecule has 3 heterocycles. The van der Waals surface area contributed by atoms with Crippen molar-refractivity contribution < 1.29 is 4.39 Å². The van der Waals surface area contributed by atoms with Crippen LogP contribution in [0.4, 0.5) is 10.2 Å². The van der Waals surface area contributed by atoms with Gasteiger partial charge in [-0.15, -0.1) is 0 Å². The number of hydrogen-bond acceptors (Lipinski definition) is 6. The maximum atomic E-state index is 13.9. The monoisotopic (exact) mass is 429 g/mol. The maximum Gasteiger partial charge on any atom is 0.266 e. The molecule has 160 valence electrons. The molecule has 0 aliphatic rings. The molecular formula is C23H20FN7O. The van der Waals surface area contributed by atoms with Crippen molar-refractivity contribution >= 4 is 27.9 Å². The summed E-state index contributed by atoms with van der Waals surface area (Å²) in [5, 5.41) is 3.62. The van der Waals surface area contributed by atoms with Crippen molar-refractivity contribution in [1.29, 1.82) is 0 Å².